The molecule has 2 heterocycles. The Kier molecular flexibility index (Phi) is 2.00. The Bertz CT molecular complexity index is 657. The van der Waals surface area contributed by atoms with Crippen LogP contribution in [-0.2, 0) is 0 Å². The Morgan fingerprint density at radius 2 is 2.12 bits per heavy atom. The van der Waals surface area contributed by atoms with E-state index in [1.807, 2.05) is 18.2 Å². The van der Waals surface area contributed by atoms with Gasteiger partial charge in [0.1, 0.15) is 17.5 Å². The van der Waals surface area contributed by atoms with Crippen molar-refractivity contribution < 1.29 is 8.94 Å². The Morgan fingerprint density at radius 3 is 2.88 bits per heavy atom. The Balaban J connectivity index is 2.21. The molecule has 0 saturated carbocycles. The lowest BCUT2D eigenvalue weighted by molar-refractivity contribution is 0.439. The molecule has 0 spiro atoms. The smallest absolute Gasteiger partial charge is 0.222 e. The molecule has 5 heteroatoms. The van der Waals surface area contributed by atoms with Gasteiger partial charge in [0.15, 0.2) is 0 Å². The van der Waals surface area contributed by atoms with E-state index in [1.54, 1.807) is 12.3 Å². The maximum Gasteiger partial charge on any atom is 0.222 e. The van der Waals surface area contributed by atoms with Crippen LogP contribution in [0.15, 0.2) is 43.9 Å². The zero-order chi connectivity index (χ0) is 11.1. The molecule has 16 heavy (non-hydrogen) atoms. The van der Waals surface area contributed by atoms with E-state index < -0.39 is 0 Å². The highest BCUT2D eigenvalue weighted by atomic mass is 79.9. The zero-order valence-corrected chi connectivity index (χ0v) is 9.69. The summed E-state index contributed by atoms with van der Waals surface area (Å²) in [5, 5.41) is 4.86. The van der Waals surface area contributed by atoms with Crippen molar-refractivity contribution in [1.82, 2.24) is 5.16 Å². The van der Waals surface area contributed by atoms with Gasteiger partial charge in [0.2, 0.25) is 5.88 Å². The van der Waals surface area contributed by atoms with E-state index in [-0.39, 0.29) is 0 Å². The lowest BCUT2D eigenvalue weighted by Crippen LogP contribution is -1.77. The molecule has 0 aliphatic rings. The van der Waals surface area contributed by atoms with Crippen molar-refractivity contribution in [2.45, 2.75) is 0 Å². The summed E-state index contributed by atoms with van der Waals surface area (Å²) >= 11 is 3.42. The van der Waals surface area contributed by atoms with E-state index in [2.05, 4.69) is 21.1 Å². The fourth-order valence-corrected chi connectivity index (χ4v) is 1.99. The van der Waals surface area contributed by atoms with E-state index in [1.165, 1.54) is 0 Å². The number of nitrogens with two attached hydrogens (primary N) is 1. The van der Waals surface area contributed by atoms with E-state index in [9.17, 15) is 0 Å². The van der Waals surface area contributed by atoms with Crippen LogP contribution in [0.2, 0.25) is 0 Å². The number of furan rings is 1. The zero-order valence-electron chi connectivity index (χ0n) is 8.11. The van der Waals surface area contributed by atoms with Crippen LogP contribution in [0, 0.1) is 0 Å². The van der Waals surface area contributed by atoms with Crippen molar-refractivity contribution in [3.63, 3.8) is 0 Å². The van der Waals surface area contributed by atoms with Gasteiger partial charge in [0.25, 0.3) is 0 Å². The number of fused-ring (bicyclic) bond motifs is 1. The Hall–Kier alpha value is -1.75. The maximum atomic E-state index is 5.48. The van der Waals surface area contributed by atoms with Crippen LogP contribution in [0.5, 0.6) is 0 Å². The van der Waals surface area contributed by atoms with Crippen LogP contribution in [0.1, 0.15) is 0 Å². The van der Waals surface area contributed by atoms with Gasteiger partial charge in [0, 0.05) is 17.0 Å². The topological polar surface area (TPSA) is 65.2 Å². The second kappa shape index (κ2) is 3.38. The van der Waals surface area contributed by atoms with Gasteiger partial charge in [-0.05, 0) is 34.1 Å². The molecule has 0 fully saturated rings. The van der Waals surface area contributed by atoms with Gasteiger partial charge in [-0.15, -0.1) is 0 Å². The van der Waals surface area contributed by atoms with Gasteiger partial charge in [-0.1, -0.05) is 5.16 Å². The van der Waals surface area contributed by atoms with Crippen molar-refractivity contribution in [3.8, 4) is 11.3 Å². The minimum Gasteiger partial charge on any atom is -0.463 e. The number of rotatable bonds is 1. The Morgan fingerprint density at radius 1 is 1.25 bits per heavy atom. The van der Waals surface area contributed by atoms with Gasteiger partial charge in [-0.25, -0.2) is 0 Å². The molecule has 3 aromatic rings. The summed E-state index contributed by atoms with van der Waals surface area (Å²) in [5.74, 6) is 0.307. The molecular weight excluding hydrogens is 272 g/mol. The summed E-state index contributed by atoms with van der Waals surface area (Å²) in [4.78, 5) is 0. The molecule has 2 N–H and O–H groups in total. The van der Waals surface area contributed by atoms with E-state index in [4.69, 9.17) is 14.7 Å². The molecular formula is C11H7BrN2O2. The van der Waals surface area contributed by atoms with Gasteiger partial charge >= 0.3 is 0 Å². The number of halogens is 1. The van der Waals surface area contributed by atoms with Crippen molar-refractivity contribution in [3.05, 3.63) is 35.0 Å². The molecule has 2 aromatic heterocycles. The summed E-state index contributed by atoms with van der Waals surface area (Å²) in [7, 11) is 0. The number of aromatic nitrogens is 1. The molecule has 80 valence electrons. The average Bonchev–Trinajstić information content (AvgIpc) is 2.86. The second-order valence-corrected chi connectivity index (χ2v) is 4.26. The van der Waals surface area contributed by atoms with E-state index in [0.717, 1.165) is 21.0 Å². The van der Waals surface area contributed by atoms with Crippen molar-refractivity contribution >= 4 is 32.8 Å². The molecule has 3 rings (SSSR count). The molecule has 0 bridgehead atoms. The lowest BCUT2D eigenvalue weighted by Gasteiger charge is -1.95. The number of hydrogen-bond donors (Lipinski definition) is 1. The summed E-state index contributed by atoms with van der Waals surface area (Å²) in [6.45, 7) is 0. The first-order valence-corrected chi connectivity index (χ1v) is 5.42. The third-order valence-electron chi connectivity index (χ3n) is 2.35. The van der Waals surface area contributed by atoms with Crippen LogP contribution >= 0.6 is 15.9 Å². The number of nitrogens with zero attached hydrogens (tertiary/aromatic N) is 1. The fourth-order valence-electron chi connectivity index (χ4n) is 1.58. The molecule has 0 radical (unpaired) electrons. The highest BCUT2D eigenvalue weighted by molar-refractivity contribution is 9.10. The van der Waals surface area contributed by atoms with Crippen molar-refractivity contribution in [2.75, 3.05) is 5.73 Å². The molecule has 4 nitrogen and oxygen atoms in total. The van der Waals surface area contributed by atoms with Crippen LogP contribution < -0.4 is 5.73 Å². The number of hydrogen-bond acceptors (Lipinski definition) is 4. The minimum absolute atomic E-state index is 0.307. The largest absolute Gasteiger partial charge is 0.463 e. The SMILES string of the molecule is Nc1cc(-c2ccc3occ(Br)c3c2)no1. The average molecular weight is 279 g/mol. The minimum atomic E-state index is 0.307. The third-order valence-corrected chi connectivity index (χ3v) is 2.96. The quantitative estimate of drug-likeness (QED) is 0.741. The molecule has 0 saturated heterocycles. The summed E-state index contributed by atoms with van der Waals surface area (Å²) < 4.78 is 11.1. The van der Waals surface area contributed by atoms with Gasteiger partial charge in [-0.3, -0.25) is 0 Å². The summed E-state index contributed by atoms with van der Waals surface area (Å²) in [6, 6.07) is 7.46. The van der Waals surface area contributed by atoms with E-state index >= 15 is 0 Å². The first-order valence-electron chi connectivity index (χ1n) is 4.63. The predicted octanol–water partition coefficient (Wildman–Crippen LogP) is 3.43. The highest BCUT2D eigenvalue weighted by Gasteiger charge is 2.08. The normalized spacial score (nSPS) is 11.1. The van der Waals surface area contributed by atoms with Gasteiger partial charge in [0.05, 0.1) is 4.47 Å². The van der Waals surface area contributed by atoms with Crippen molar-refractivity contribution in [2.24, 2.45) is 0 Å². The molecule has 0 aliphatic carbocycles. The monoisotopic (exact) mass is 278 g/mol. The second-order valence-electron chi connectivity index (χ2n) is 3.41. The van der Waals surface area contributed by atoms with Crippen LogP contribution in [-0.4, -0.2) is 5.16 Å². The highest BCUT2D eigenvalue weighted by Crippen LogP contribution is 2.30. The molecule has 0 aliphatic heterocycles. The van der Waals surface area contributed by atoms with Crippen LogP contribution in [0.25, 0.3) is 22.2 Å². The van der Waals surface area contributed by atoms with Gasteiger partial charge in [-0.2, -0.15) is 0 Å². The van der Waals surface area contributed by atoms with Crippen LogP contribution in [0.3, 0.4) is 0 Å². The maximum absolute atomic E-state index is 5.48. The van der Waals surface area contributed by atoms with Crippen molar-refractivity contribution in [1.29, 1.82) is 0 Å². The molecule has 0 amide bonds. The Labute approximate surface area is 99.1 Å². The molecule has 1 aromatic carbocycles. The standard InChI is InChI=1S/C11H7BrN2O2/c12-8-5-15-10-2-1-6(3-7(8)10)9-4-11(13)16-14-9/h1-5H,13H2. The third kappa shape index (κ3) is 1.40. The van der Waals surface area contributed by atoms with E-state index in [0.29, 0.717) is 11.6 Å². The van der Waals surface area contributed by atoms with Gasteiger partial charge < -0.3 is 14.7 Å². The van der Waals surface area contributed by atoms with Crippen LogP contribution in [0.4, 0.5) is 5.88 Å². The number of nitrogen functional groups attached to an aromatic ring is 1. The molecule has 0 unspecified atom stereocenters. The summed E-state index contributed by atoms with van der Waals surface area (Å²) in [6.07, 6.45) is 1.66. The number of benzene rings is 1. The predicted molar refractivity (Wildman–Crippen MR) is 63.8 cm³/mol. The fraction of sp³-hybridized carbons (Fsp3) is 0. The lowest BCUT2D eigenvalue weighted by atomic mass is 10.1. The molecule has 0 atom stereocenters. The summed E-state index contributed by atoms with van der Waals surface area (Å²) in [5.41, 5.74) is 7.96. The first-order chi connectivity index (χ1) is 7.74. The number of anilines is 1. The first kappa shape index (κ1) is 9.47.